The number of anilines is 2. The van der Waals surface area contributed by atoms with E-state index in [0.717, 1.165) is 111 Å². The lowest BCUT2D eigenvalue weighted by atomic mass is 9.85. The molecule has 8 rings (SSSR count). The van der Waals surface area contributed by atoms with Crippen LogP contribution in [0.4, 0.5) is 16.6 Å². The van der Waals surface area contributed by atoms with Crippen molar-refractivity contribution in [3.63, 3.8) is 0 Å². The summed E-state index contributed by atoms with van der Waals surface area (Å²) in [7, 11) is 0. The summed E-state index contributed by atoms with van der Waals surface area (Å²) in [5.41, 5.74) is 4.62. The van der Waals surface area contributed by atoms with Crippen LogP contribution in [-0.4, -0.2) is 102 Å². The predicted octanol–water partition coefficient (Wildman–Crippen LogP) is 6.20. The molecule has 16 nitrogen and oxygen atoms in total. The fraction of sp³-hybridized carbons (Fsp3) is 0.512. The molecule has 2 aliphatic heterocycles. The van der Waals surface area contributed by atoms with E-state index >= 15 is 0 Å². The SMILES string of the molecule is CC(C)c1cc(NC(=O)N[C@H]2CC[C@@H](Oc3ccc4nnc(N5[C@H](C)CCC[C@@H]5C)n4c3)c3ccccc32)n(-c2cnn(CCN3CCCOCC3)c2)n1.O=CO. The Kier molecular flexibility index (Phi) is 12.7. The first-order valence-electron chi connectivity index (χ1n) is 20.2. The molecule has 304 valence electrons. The number of urea groups is 1. The van der Waals surface area contributed by atoms with Crippen molar-refractivity contribution in [2.75, 3.05) is 43.1 Å². The molecular weight excluding hydrogens is 727 g/mol. The number of hydrogen-bond acceptors (Lipinski definition) is 10. The lowest BCUT2D eigenvalue weighted by molar-refractivity contribution is -0.122. The maximum Gasteiger partial charge on any atom is 0.320 e. The number of nitrogens with zero attached hydrogens (tertiary/aromatic N) is 9. The van der Waals surface area contributed by atoms with E-state index in [9.17, 15) is 4.79 Å². The molecule has 16 heteroatoms. The summed E-state index contributed by atoms with van der Waals surface area (Å²) in [6, 6.07) is 14.5. The van der Waals surface area contributed by atoms with Gasteiger partial charge in [0.15, 0.2) is 5.65 Å². The zero-order chi connectivity index (χ0) is 39.9. The van der Waals surface area contributed by atoms with E-state index in [2.05, 4.69) is 80.0 Å². The van der Waals surface area contributed by atoms with Crippen LogP contribution in [0, 0.1) is 0 Å². The minimum absolute atomic E-state index is 0.160. The zero-order valence-electron chi connectivity index (χ0n) is 33.3. The Morgan fingerprint density at radius 1 is 0.982 bits per heavy atom. The van der Waals surface area contributed by atoms with E-state index in [1.807, 2.05) is 47.4 Å². The lowest BCUT2D eigenvalue weighted by Crippen LogP contribution is -2.44. The number of ether oxygens (including phenoxy) is 2. The average molecular weight is 782 g/mol. The first-order chi connectivity index (χ1) is 27.7. The Hall–Kier alpha value is -5.48. The van der Waals surface area contributed by atoms with Crippen LogP contribution >= 0.6 is 0 Å². The minimum Gasteiger partial charge on any atom is -0.484 e. The topological polar surface area (TPSA) is 169 Å². The molecule has 0 spiro atoms. The Bertz CT molecular complexity index is 2090. The van der Waals surface area contributed by atoms with Crippen LogP contribution in [0.2, 0.25) is 0 Å². The molecule has 5 aromatic rings. The van der Waals surface area contributed by atoms with Crippen LogP contribution in [0.15, 0.2) is 61.1 Å². The molecule has 0 unspecified atom stereocenters. The summed E-state index contributed by atoms with van der Waals surface area (Å²) in [6.45, 7) is 13.7. The third-order valence-corrected chi connectivity index (χ3v) is 11.2. The summed E-state index contributed by atoms with van der Waals surface area (Å²) >= 11 is 0. The van der Waals surface area contributed by atoms with Crippen LogP contribution < -0.4 is 20.3 Å². The van der Waals surface area contributed by atoms with Crippen molar-refractivity contribution in [2.45, 2.75) is 103 Å². The van der Waals surface area contributed by atoms with Crippen LogP contribution in [0.25, 0.3) is 11.3 Å². The summed E-state index contributed by atoms with van der Waals surface area (Å²) in [5, 5.41) is 31.8. The van der Waals surface area contributed by atoms with Gasteiger partial charge in [-0.2, -0.15) is 10.2 Å². The largest absolute Gasteiger partial charge is 0.484 e. The van der Waals surface area contributed by atoms with Gasteiger partial charge in [-0.1, -0.05) is 38.1 Å². The highest BCUT2D eigenvalue weighted by Gasteiger charge is 2.31. The van der Waals surface area contributed by atoms with Gasteiger partial charge in [0, 0.05) is 44.4 Å². The minimum atomic E-state index is -0.284. The molecule has 3 N–H and O–H groups in total. The third kappa shape index (κ3) is 9.23. The van der Waals surface area contributed by atoms with Gasteiger partial charge in [-0.15, -0.1) is 10.2 Å². The number of carbonyl (C=O) groups is 2. The van der Waals surface area contributed by atoms with Crippen LogP contribution in [0.5, 0.6) is 5.75 Å². The third-order valence-electron chi connectivity index (χ3n) is 11.2. The van der Waals surface area contributed by atoms with E-state index in [1.165, 1.54) is 6.42 Å². The second-order valence-corrected chi connectivity index (χ2v) is 15.5. The number of hydrogen-bond donors (Lipinski definition) is 3. The number of carbonyl (C=O) groups excluding carboxylic acids is 1. The number of pyridine rings is 1. The maximum atomic E-state index is 13.7. The van der Waals surface area contributed by atoms with E-state index in [1.54, 1.807) is 10.9 Å². The first-order valence-corrected chi connectivity index (χ1v) is 20.2. The number of fused-ring (bicyclic) bond motifs is 2. The Labute approximate surface area is 333 Å². The fourth-order valence-electron chi connectivity index (χ4n) is 8.24. The monoisotopic (exact) mass is 781 g/mol. The van der Waals surface area contributed by atoms with Gasteiger partial charge in [0.25, 0.3) is 6.47 Å². The average Bonchev–Trinajstić information content (AvgIpc) is 3.90. The van der Waals surface area contributed by atoms with Gasteiger partial charge < -0.3 is 24.8 Å². The molecule has 1 aliphatic carbocycles. The molecular formula is C41H55N11O5. The van der Waals surface area contributed by atoms with Crippen molar-refractivity contribution in [1.29, 1.82) is 0 Å². The van der Waals surface area contributed by atoms with Crippen molar-refractivity contribution in [3.05, 3.63) is 77.9 Å². The van der Waals surface area contributed by atoms with Gasteiger partial charge in [-0.05, 0) is 81.5 Å². The number of amides is 2. The van der Waals surface area contributed by atoms with Crippen molar-refractivity contribution >= 4 is 29.9 Å². The van der Waals surface area contributed by atoms with Gasteiger partial charge >= 0.3 is 6.03 Å². The van der Waals surface area contributed by atoms with Gasteiger partial charge in [0.05, 0.1) is 43.5 Å². The van der Waals surface area contributed by atoms with Gasteiger partial charge in [0.1, 0.15) is 23.4 Å². The van der Waals surface area contributed by atoms with E-state index in [0.29, 0.717) is 17.9 Å². The number of nitrogens with one attached hydrogen (secondary N) is 2. The van der Waals surface area contributed by atoms with Crippen molar-refractivity contribution in [1.82, 2.24) is 44.4 Å². The molecule has 57 heavy (non-hydrogen) atoms. The Balaban J connectivity index is 0.00000160. The van der Waals surface area contributed by atoms with Gasteiger partial charge in [0.2, 0.25) is 5.95 Å². The quantitative estimate of drug-likeness (QED) is 0.138. The molecule has 0 bridgehead atoms. The summed E-state index contributed by atoms with van der Waals surface area (Å²) in [5.74, 6) is 2.41. The van der Waals surface area contributed by atoms with Crippen molar-refractivity contribution in [3.8, 4) is 11.4 Å². The van der Waals surface area contributed by atoms with Crippen LogP contribution in [0.1, 0.15) is 101 Å². The lowest BCUT2D eigenvalue weighted by Gasteiger charge is -2.39. The molecule has 2 saturated heterocycles. The summed E-state index contributed by atoms with van der Waals surface area (Å²) in [4.78, 5) is 26.9. The van der Waals surface area contributed by atoms with Gasteiger partial charge in [-0.25, -0.2) is 9.48 Å². The highest BCUT2D eigenvalue weighted by Crippen LogP contribution is 2.39. The number of aromatic nitrogens is 7. The van der Waals surface area contributed by atoms with Crippen molar-refractivity contribution in [2.24, 2.45) is 0 Å². The van der Waals surface area contributed by atoms with Crippen LogP contribution in [0.3, 0.4) is 0 Å². The van der Waals surface area contributed by atoms with E-state index in [4.69, 9.17) is 24.5 Å². The van der Waals surface area contributed by atoms with Crippen molar-refractivity contribution < 1.29 is 24.2 Å². The molecule has 0 saturated carbocycles. The standard InChI is InChI=1S/C40H53N11O3.CH2O2/c1-27(2)35-23-38(51(46-35)30-24-41-48(25-30)19-18-47-17-8-21-53-22-20-47)43-39(52)42-34-14-15-36(33-12-6-5-11-32(33)34)54-31-13-16-37-44-45-40(49(37)26-31)50-28(3)9-7-10-29(50)4;2-1-3/h5-6,11-13,16,23-29,34,36H,7-10,14-15,17-22H2,1-4H3,(H2,42,43,52);1H,(H,2,3)/t28-,29+,34-,36+;/m0./s1. The molecule has 1 aromatic carbocycles. The first kappa shape index (κ1) is 39.7. The van der Waals surface area contributed by atoms with E-state index < -0.39 is 0 Å². The van der Waals surface area contributed by atoms with Gasteiger partial charge in [-0.3, -0.25) is 24.1 Å². The Morgan fingerprint density at radius 2 is 1.77 bits per heavy atom. The molecule has 3 aliphatic rings. The van der Waals surface area contributed by atoms with Crippen LogP contribution in [-0.2, 0) is 16.1 Å². The fourth-order valence-corrected chi connectivity index (χ4v) is 8.24. The van der Waals surface area contributed by atoms with E-state index in [-0.39, 0.29) is 30.6 Å². The molecule has 2 fully saturated rings. The second-order valence-electron chi connectivity index (χ2n) is 15.5. The summed E-state index contributed by atoms with van der Waals surface area (Å²) in [6.07, 6.45) is 11.7. The molecule has 4 aromatic heterocycles. The zero-order valence-corrected chi connectivity index (χ0v) is 33.3. The Morgan fingerprint density at radius 3 is 2.56 bits per heavy atom. The highest BCUT2D eigenvalue weighted by molar-refractivity contribution is 5.89. The summed E-state index contributed by atoms with van der Waals surface area (Å²) < 4.78 is 18.1. The molecule has 6 heterocycles. The highest BCUT2D eigenvalue weighted by atomic mass is 16.5. The molecule has 4 atom stereocenters. The number of rotatable bonds is 10. The predicted molar refractivity (Wildman–Crippen MR) is 216 cm³/mol. The number of benzene rings is 1. The second kappa shape index (κ2) is 18.2. The smallest absolute Gasteiger partial charge is 0.320 e. The number of piperidine rings is 1. The molecule has 2 amide bonds. The number of carboxylic acid groups (broad SMARTS) is 1. The molecule has 0 radical (unpaired) electrons. The normalized spacial score (nSPS) is 21.3. The maximum absolute atomic E-state index is 13.7.